The average Bonchev–Trinajstić information content (AvgIpc) is 2.64. The van der Waals surface area contributed by atoms with E-state index in [1.165, 1.54) is 44.1 Å². The molecule has 0 aliphatic rings. The van der Waals surface area contributed by atoms with Crippen LogP contribution in [0.15, 0.2) is 59.8 Å². The van der Waals surface area contributed by atoms with Gasteiger partial charge in [-0.3, -0.25) is 0 Å². The molecule has 0 bridgehead atoms. The minimum atomic E-state index is 0.529. The van der Waals surface area contributed by atoms with E-state index in [0.29, 0.717) is 11.6 Å². The van der Waals surface area contributed by atoms with Crippen molar-refractivity contribution in [3.63, 3.8) is 0 Å². The van der Waals surface area contributed by atoms with Gasteiger partial charge in [-0.25, -0.2) is 0 Å². The summed E-state index contributed by atoms with van der Waals surface area (Å²) in [7, 11) is 0. The molecule has 0 radical (unpaired) electrons. The highest BCUT2D eigenvalue weighted by Gasteiger charge is 2.18. The summed E-state index contributed by atoms with van der Waals surface area (Å²) in [4.78, 5) is 0. The summed E-state index contributed by atoms with van der Waals surface area (Å²) in [5.41, 5.74) is 4.00. The van der Waals surface area contributed by atoms with E-state index in [9.17, 15) is 5.21 Å². The molecule has 128 valence electrons. The van der Waals surface area contributed by atoms with Gasteiger partial charge < -0.3 is 5.21 Å². The van der Waals surface area contributed by atoms with Gasteiger partial charge in [-0.1, -0.05) is 99.3 Å². The molecule has 0 aliphatic carbocycles. The first-order valence-electron chi connectivity index (χ1n) is 9.18. The Bertz CT molecular complexity index is 625. The second-order valence-corrected chi connectivity index (χ2v) is 6.38. The fourth-order valence-electron chi connectivity index (χ4n) is 3.29. The van der Waals surface area contributed by atoms with Crippen molar-refractivity contribution in [1.82, 2.24) is 0 Å². The number of unbranched alkanes of at least 4 members (excludes halogenated alkanes) is 2. The van der Waals surface area contributed by atoms with Crippen LogP contribution in [0.2, 0.25) is 0 Å². The van der Waals surface area contributed by atoms with Crippen molar-refractivity contribution in [2.75, 3.05) is 0 Å². The predicted octanol–water partition coefficient (Wildman–Crippen LogP) is 6.38. The molecule has 2 aromatic rings. The van der Waals surface area contributed by atoms with E-state index in [2.05, 4.69) is 37.2 Å². The van der Waals surface area contributed by atoms with Gasteiger partial charge in [0.1, 0.15) is 5.71 Å². The smallest absolute Gasteiger partial charge is 0.117 e. The topological polar surface area (TPSA) is 32.6 Å². The first kappa shape index (κ1) is 18.3. The predicted molar refractivity (Wildman–Crippen MR) is 102 cm³/mol. The lowest BCUT2D eigenvalue weighted by Gasteiger charge is -2.21. The van der Waals surface area contributed by atoms with Crippen LogP contribution >= 0.6 is 0 Å². The summed E-state index contributed by atoms with van der Waals surface area (Å²) >= 11 is 0. The second kappa shape index (κ2) is 9.92. The van der Waals surface area contributed by atoms with E-state index in [1.54, 1.807) is 0 Å². The van der Waals surface area contributed by atoms with Crippen LogP contribution in [0.1, 0.15) is 75.0 Å². The fourth-order valence-corrected chi connectivity index (χ4v) is 3.29. The van der Waals surface area contributed by atoms with Crippen LogP contribution in [0, 0.1) is 0 Å². The van der Waals surface area contributed by atoms with Gasteiger partial charge in [0.05, 0.1) is 0 Å². The molecule has 0 saturated heterocycles. The van der Waals surface area contributed by atoms with E-state index < -0.39 is 0 Å². The zero-order chi connectivity index (χ0) is 17.2. The van der Waals surface area contributed by atoms with E-state index >= 15 is 0 Å². The molecule has 0 spiro atoms. The molecule has 2 heteroatoms. The molecule has 0 atom stereocenters. The lowest BCUT2D eigenvalue weighted by Crippen LogP contribution is -2.11. The van der Waals surface area contributed by atoms with Crippen molar-refractivity contribution in [1.29, 1.82) is 0 Å². The second-order valence-electron chi connectivity index (χ2n) is 6.38. The third-order valence-electron chi connectivity index (χ3n) is 4.62. The van der Waals surface area contributed by atoms with Crippen LogP contribution in [-0.2, 0) is 0 Å². The van der Waals surface area contributed by atoms with Gasteiger partial charge in [0.25, 0.3) is 0 Å². The summed E-state index contributed by atoms with van der Waals surface area (Å²) in [6, 6.07) is 18.4. The Morgan fingerprint density at radius 2 is 1.46 bits per heavy atom. The van der Waals surface area contributed by atoms with Crippen molar-refractivity contribution in [2.24, 2.45) is 5.16 Å². The lowest BCUT2D eigenvalue weighted by molar-refractivity contribution is 0.319. The van der Waals surface area contributed by atoms with Gasteiger partial charge in [0, 0.05) is 11.1 Å². The van der Waals surface area contributed by atoms with Crippen molar-refractivity contribution >= 4 is 5.71 Å². The van der Waals surface area contributed by atoms with E-state index in [0.717, 1.165) is 11.1 Å². The highest BCUT2D eigenvalue weighted by molar-refractivity contribution is 6.13. The molecule has 0 amide bonds. The van der Waals surface area contributed by atoms with Crippen molar-refractivity contribution < 1.29 is 5.21 Å². The lowest BCUT2D eigenvalue weighted by atomic mass is 9.84. The van der Waals surface area contributed by atoms with Crippen molar-refractivity contribution in [3.8, 4) is 0 Å². The van der Waals surface area contributed by atoms with Crippen molar-refractivity contribution in [2.45, 2.75) is 58.3 Å². The SMILES string of the molecule is CCCCC(CCCC)c1ccccc1C(=NO)c1ccccc1. The minimum absolute atomic E-state index is 0.529. The van der Waals surface area contributed by atoms with Gasteiger partial charge in [-0.15, -0.1) is 0 Å². The molecule has 1 N–H and O–H groups in total. The summed E-state index contributed by atoms with van der Waals surface area (Å²) in [5.74, 6) is 0.529. The van der Waals surface area contributed by atoms with Gasteiger partial charge in [0.2, 0.25) is 0 Å². The zero-order valence-corrected chi connectivity index (χ0v) is 14.9. The zero-order valence-electron chi connectivity index (χ0n) is 14.9. The molecule has 0 fully saturated rings. The van der Waals surface area contributed by atoms with E-state index in [-0.39, 0.29) is 0 Å². The Morgan fingerprint density at radius 1 is 0.875 bits per heavy atom. The maximum atomic E-state index is 9.68. The molecule has 0 saturated carbocycles. The molecule has 24 heavy (non-hydrogen) atoms. The van der Waals surface area contributed by atoms with Gasteiger partial charge in [-0.05, 0) is 24.3 Å². The fraction of sp³-hybridized carbons (Fsp3) is 0.409. The number of hydrogen-bond acceptors (Lipinski definition) is 2. The summed E-state index contributed by atoms with van der Waals surface area (Å²) in [6.07, 6.45) is 7.29. The molecule has 2 aromatic carbocycles. The Hall–Kier alpha value is -2.09. The first-order chi connectivity index (χ1) is 11.8. The Morgan fingerprint density at radius 3 is 2.04 bits per heavy atom. The molecule has 0 unspecified atom stereocenters. The van der Waals surface area contributed by atoms with E-state index in [1.807, 2.05) is 36.4 Å². The van der Waals surface area contributed by atoms with E-state index in [4.69, 9.17) is 0 Å². The van der Waals surface area contributed by atoms with Crippen LogP contribution in [0.4, 0.5) is 0 Å². The van der Waals surface area contributed by atoms with Crippen LogP contribution < -0.4 is 0 Å². The summed E-state index contributed by atoms with van der Waals surface area (Å²) < 4.78 is 0. The minimum Gasteiger partial charge on any atom is -0.410 e. The number of oxime groups is 1. The van der Waals surface area contributed by atoms with Crippen LogP contribution in [0.5, 0.6) is 0 Å². The quantitative estimate of drug-likeness (QED) is 0.324. The maximum absolute atomic E-state index is 9.68. The number of hydrogen-bond donors (Lipinski definition) is 1. The molecular weight excluding hydrogens is 294 g/mol. The van der Waals surface area contributed by atoms with Gasteiger partial charge in [0.15, 0.2) is 0 Å². The normalized spacial score (nSPS) is 11.9. The number of nitrogens with zero attached hydrogens (tertiary/aromatic N) is 1. The summed E-state index contributed by atoms with van der Waals surface area (Å²) in [5, 5.41) is 13.3. The maximum Gasteiger partial charge on any atom is 0.117 e. The highest BCUT2D eigenvalue weighted by Crippen LogP contribution is 2.31. The summed E-state index contributed by atoms with van der Waals surface area (Å²) in [6.45, 7) is 4.49. The highest BCUT2D eigenvalue weighted by atomic mass is 16.4. The third-order valence-corrected chi connectivity index (χ3v) is 4.62. The number of benzene rings is 2. The first-order valence-corrected chi connectivity index (χ1v) is 9.18. The van der Waals surface area contributed by atoms with Crippen molar-refractivity contribution in [3.05, 3.63) is 71.3 Å². The van der Waals surface area contributed by atoms with Crippen LogP contribution in [0.25, 0.3) is 0 Å². The standard InChI is InChI=1S/C22H29NO/c1-3-5-12-18(13-6-4-2)20-16-10-11-17-21(20)22(23-24)19-14-8-7-9-15-19/h7-11,14-18,24H,3-6,12-13H2,1-2H3. The monoisotopic (exact) mass is 323 g/mol. The average molecular weight is 323 g/mol. The van der Waals surface area contributed by atoms with Crippen LogP contribution in [0.3, 0.4) is 0 Å². The molecular formula is C22H29NO. The molecule has 2 nitrogen and oxygen atoms in total. The molecule has 0 aliphatic heterocycles. The molecule has 0 heterocycles. The number of rotatable bonds is 9. The third kappa shape index (κ3) is 4.70. The largest absolute Gasteiger partial charge is 0.410 e. The van der Waals surface area contributed by atoms with Gasteiger partial charge >= 0.3 is 0 Å². The van der Waals surface area contributed by atoms with Crippen LogP contribution in [-0.4, -0.2) is 10.9 Å². The molecule has 0 aromatic heterocycles. The Balaban J connectivity index is 2.40. The van der Waals surface area contributed by atoms with Gasteiger partial charge in [-0.2, -0.15) is 0 Å². The Kier molecular flexibility index (Phi) is 7.54. The Labute approximate surface area is 146 Å². The molecule has 2 rings (SSSR count).